The van der Waals surface area contributed by atoms with Crippen LogP contribution < -0.4 is 5.32 Å². The molecule has 1 aromatic carbocycles. The Kier molecular flexibility index (Phi) is 5.44. The van der Waals surface area contributed by atoms with E-state index in [2.05, 4.69) is 10.1 Å². The highest BCUT2D eigenvalue weighted by Gasteiger charge is 2.41. The van der Waals surface area contributed by atoms with Crippen LogP contribution in [0.5, 0.6) is 0 Å². The molecule has 0 radical (unpaired) electrons. The van der Waals surface area contributed by atoms with Crippen LogP contribution >= 0.6 is 0 Å². The number of hydrogen-bond acceptors (Lipinski definition) is 4. The van der Waals surface area contributed by atoms with Crippen LogP contribution in [0.25, 0.3) is 10.9 Å². The minimum Gasteiger partial charge on any atom is -0.465 e. The van der Waals surface area contributed by atoms with Crippen LogP contribution in [-0.4, -0.2) is 41.6 Å². The molecule has 150 valence electrons. The Labute approximate surface area is 158 Å². The number of Topliss-reactive ketones (excluding diaryl/α,β-unsaturated/α-hetero) is 1. The molecular weight excluding hydrogens is 377 g/mol. The second-order valence-electron chi connectivity index (χ2n) is 6.77. The Balaban J connectivity index is 1.99. The average Bonchev–Trinajstić information content (AvgIpc) is 3.27. The molecule has 1 saturated carbocycles. The summed E-state index contributed by atoms with van der Waals surface area (Å²) in [6.07, 6.45) is -0.277. The molecule has 6 nitrogen and oxygen atoms in total. The number of alkyl halides is 3. The summed E-state index contributed by atoms with van der Waals surface area (Å²) in [6, 6.07) is 3.91. The predicted octanol–water partition coefficient (Wildman–Crippen LogP) is 3.23. The number of rotatable bonds is 5. The van der Waals surface area contributed by atoms with Crippen LogP contribution in [0.2, 0.25) is 0 Å². The van der Waals surface area contributed by atoms with Gasteiger partial charge in [-0.1, -0.05) is 18.9 Å². The summed E-state index contributed by atoms with van der Waals surface area (Å²) < 4.78 is 44.7. The van der Waals surface area contributed by atoms with Crippen molar-refractivity contribution in [3.63, 3.8) is 0 Å². The Hall–Kier alpha value is -2.84. The standard InChI is InChI=1S/C19H19F3N2O4/c1-28-18(27)11-6-7-13-14(17(26)19(20,21)22)9-24(15(13)8-11)10-16(25)23-12-4-2-3-5-12/h6-9,12H,2-5,10H2,1H3,(H,23,25). The summed E-state index contributed by atoms with van der Waals surface area (Å²) in [5.74, 6) is -3.04. The predicted molar refractivity (Wildman–Crippen MR) is 94.1 cm³/mol. The molecule has 2 aromatic rings. The molecule has 1 aromatic heterocycles. The van der Waals surface area contributed by atoms with Gasteiger partial charge >= 0.3 is 12.1 Å². The number of halogens is 3. The topological polar surface area (TPSA) is 77.4 Å². The maximum Gasteiger partial charge on any atom is 0.454 e. The Morgan fingerprint density at radius 2 is 1.89 bits per heavy atom. The molecule has 1 amide bonds. The highest BCUT2D eigenvalue weighted by molar-refractivity contribution is 6.11. The first kappa shape index (κ1) is 19.9. The first-order valence-corrected chi connectivity index (χ1v) is 8.83. The largest absolute Gasteiger partial charge is 0.465 e. The molecule has 3 rings (SSSR count). The first-order chi connectivity index (χ1) is 13.2. The number of fused-ring (bicyclic) bond motifs is 1. The molecule has 1 aliphatic rings. The second kappa shape index (κ2) is 7.65. The van der Waals surface area contributed by atoms with Crippen LogP contribution in [0.4, 0.5) is 13.2 Å². The van der Waals surface area contributed by atoms with Crippen molar-refractivity contribution in [1.82, 2.24) is 9.88 Å². The van der Waals surface area contributed by atoms with Gasteiger partial charge in [0.25, 0.3) is 5.78 Å². The highest BCUT2D eigenvalue weighted by Crippen LogP contribution is 2.29. The van der Waals surface area contributed by atoms with Crippen LogP contribution in [0.3, 0.4) is 0 Å². The van der Waals surface area contributed by atoms with Gasteiger partial charge < -0.3 is 14.6 Å². The summed E-state index contributed by atoms with van der Waals surface area (Å²) in [4.78, 5) is 35.9. The number of aromatic nitrogens is 1. The Morgan fingerprint density at radius 1 is 1.21 bits per heavy atom. The van der Waals surface area contributed by atoms with Crippen LogP contribution in [0.1, 0.15) is 46.4 Å². The zero-order chi connectivity index (χ0) is 20.5. The normalized spacial score (nSPS) is 15.0. The average molecular weight is 396 g/mol. The number of nitrogens with zero attached hydrogens (tertiary/aromatic N) is 1. The van der Waals surface area contributed by atoms with Crippen LogP contribution in [0.15, 0.2) is 24.4 Å². The van der Waals surface area contributed by atoms with Crippen molar-refractivity contribution in [2.45, 2.75) is 44.4 Å². The molecule has 0 spiro atoms. The van der Waals surface area contributed by atoms with E-state index in [1.807, 2.05) is 0 Å². The van der Waals surface area contributed by atoms with E-state index in [-0.39, 0.29) is 35.0 Å². The molecule has 1 N–H and O–H groups in total. The third-order valence-electron chi connectivity index (χ3n) is 4.84. The molecule has 0 saturated heterocycles. The molecule has 9 heteroatoms. The highest BCUT2D eigenvalue weighted by atomic mass is 19.4. The zero-order valence-electron chi connectivity index (χ0n) is 15.1. The third kappa shape index (κ3) is 4.02. The Bertz CT molecular complexity index is 927. The van der Waals surface area contributed by atoms with E-state index in [0.29, 0.717) is 0 Å². The SMILES string of the molecule is COC(=O)c1ccc2c(C(=O)C(F)(F)F)cn(CC(=O)NC3CCCC3)c2c1. The van der Waals surface area contributed by atoms with Crippen LogP contribution in [0, 0.1) is 0 Å². The van der Waals surface area contributed by atoms with Gasteiger partial charge in [-0.2, -0.15) is 13.2 Å². The fourth-order valence-electron chi connectivity index (χ4n) is 3.50. The smallest absolute Gasteiger partial charge is 0.454 e. The van der Waals surface area contributed by atoms with E-state index < -0.39 is 23.5 Å². The van der Waals surface area contributed by atoms with E-state index >= 15 is 0 Å². The second-order valence-corrected chi connectivity index (χ2v) is 6.77. The van der Waals surface area contributed by atoms with Crippen molar-refractivity contribution in [1.29, 1.82) is 0 Å². The zero-order valence-corrected chi connectivity index (χ0v) is 15.1. The van der Waals surface area contributed by atoms with Crippen molar-refractivity contribution < 1.29 is 32.3 Å². The van der Waals surface area contributed by atoms with Gasteiger partial charge in [0.05, 0.1) is 23.8 Å². The fraction of sp³-hybridized carbons (Fsp3) is 0.421. The maximum absolute atomic E-state index is 13.0. The molecule has 0 bridgehead atoms. The van der Waals surface area contributed by atoms with Gasteiger partial charge in [0.1, 0.15) is 6.54 Å². The number of esters is 1. The first-order valence-electron chi connectivity index (χ1n) is 8.83. The molecule has 1 fully saturated rings. The van der Waals surface area contributed by atoms with E-state index in [4.69, 9.17) is 0 Å². The lowest BCUT2D eigenvalue weighted by molar-refractivity contribution is -0.122. The van der Waals surface area contributed by atoms with Crippen molar-refractivity contribution in [2.24, 2.45) is 0 Å². The monoisotopic (exact) mass is 396 g/mol. The molecule has 1 heterocycles. The van der Waals surface area contributed by atoms with Crippen molar-refractivity contribution >= 4 is 28.6 Å². The number of ketones is 1. The number of carbonyl (C=O) groups excluding carboxylic acids is 3. The van der Waals surface area contributed by atoms with Gasteiger partial charge in [0.15, 0.2) is 0 Å². The molecular formula is C19H19F3N2O4. The van der Waals surface area contributed by atoms with E-state index in [1.165, 1.54) is 29.9 Å². The molecule has 28 heavy (non-hydrogen) atoms. The van der Waals surface area contributed by atoms with Gasteiger partial charge in [-0.3, -0.25) is 9.59 Å². The Morgan fingerprint density at radius 3 is 2.50 bits per heavy atom. The van der Waals surface area contributed by atoms with Crippen molar-refractivity contribution in [2.75, 3.05) is 7.11 Å². The maximum atomic E-state index is 13.0. The third-order valence-corrected chi connectivity index (χ3v) is 4.84. The molecule has 0 atom stereocenters. The molecule has 0 aliphatic heterocycles. The fourth-order valence-corrected chi connectivity index (χ4v) is 3.50. The van der Waals surface area contributed by atoms with Crippen molar-refractivity contribution in [3.8, 4) is 0 Å². The number of methoxy groups -OCH3 is 1. The summed E-state index contributed by atoms with van der Waals surface area (Å²) in [5.41, 5.74) is -0.277. The summed E-state index contributed by atoms with van der Waals surface area (Å²) in [5, 5.41) is 2.87. The quantitative estimate of drug-likeness (QED) is 0.622. The van der Waals surface area contributed by atoms with E-state index in [0.717, 1.165) is 31.9 Å². The number of amides is 1. The molecule has 0 unspecified atom stereocenters. The number of hydrogen-bond donors (Lipinski definition) is 1. The lowest BCUT2D eigenvalue weighted by Gasteiger charge is -2.13. The van der Waals surface area contributed by atoms with Gasteiger partial charge in [-0.15, -0.1) is 0 Å². The van der Waals surface area contributed by atoms with Crippen LogP contribution in [-0.2, 0) is 16.1 Å². The number of benzene rings is 1. The van der Waals surface area contributed by atoms with E-state index in [9.17, 15) is 27.6 Å². The lowest BCUT2D eigenvalue weighted by atomic mass is 10.1. The number of carbonyl (C=O) groups is 3. The van der Waals surface area contributed by atoms with Gasteiger partial charge in [-0.25, -0.2) is 4.79 Å². The van der Waals surface area contributed by atoms with Gasteiger partial charge in [0.2, 0.25) is 5.91 Å². The number of ether oxygens (including phenoxy) is 1. The van der Waals surface area contributed by atoms with Crippen molar-refractivity contribution in [3.05, 3.63) is 35.5 Å². The summed E-state index contributed by atoms with van der Waals surface area (Å²) in [6.45, 7) is -0.261. The van der Waals surface area contributed by atoms with E-state index in [1.54, 1.807) is 0 Å². The summed E-state index contributed by atoms with van der Waals surface area (Å²) in [7, 11) is 1.18. The summed E-state index contributed by atoms with van der Waals surface area (Å²) >= 11 is 0. The van der Waals surface area contributed by atoms with Gasteiger partial charge in [0, 0.05) is 17.6 Å². The van der Waals surface area contributed by atoms with Gasteiger partial charge in [-0.05, 0) is 25.0 Å². The molecule has 1 aliphatic carbocycles. The lowest BCUT2D eigenvalue weighted by Crippen LogP contribution is -2.35. The minimum atomic E-state index is -5.05. The minimum absolute atomic E-state index is 0.0173. The number of nitrogens with one attached hydrogen (secondary N) is 1.